The van der Waals surface area contributed by atoms with Crippen LogP contribution in [0.25, 0.3) is 0 Å². The fourth-order valence-corrected chi connectivity index (χ4v) is 1.61. The van der Waals surface area contributed by atoms with Crippen LogP contribution >= 0.6 is 0 Å². The van der Waals surface area contributed by atoms with Gasteiger partial charge in [-0.15, -0.1) is 0 Å². The topological polar surface area (TPSA) is 41.5 Å². The Bertz CT molecular complexity index is 277. The van der Waals surface area contributed by atoms with E-state index in [1.807, 2.05) is 13.0 Å². The summed E-state index contributed by atoms with van der Waals surface area (Å²) in [7, 11) is 0. The molecule has 0 aromatic heterocycles. The Hall–Kier alpha value is -0.900. The first kappa shape index (κ1) is 14.2. The van der Waals surface area contributed by atoms with Crippen molar-refractivity contribution in [3.63, 3.8) is 0 Å². The van der Waals surface area contributed by atoms with E-state index in [4.69, 9.17) is 4.74 Å². The van der Waals surface area contributed by atoms with E-state index in [2.05, 4.69) is 29.6 Å². The number of aliphatic hydroxyl groups excluding tert-OH is 1. The molecule has 0 aliphatic carbocycles. The lowest BCUT2D eigenvalue weighted by Gasteiger charge is -2.11. The SMILES string of the molecule is CCNCC(O)COCCCc1ccccc1. The van der Waals surface area contributed by atoms with Crippen LogP contribution in [-0.2, 0) is 11.2 Å². The summed E-state index contributed by atoms with van der Waals surface area (Å²) in [6, 6.07) is 10.4. The van der Waals surface area contributed by atoms with Crippen LogP contribution in [0.3, 0.4) is 0 Å². The molecule has 3 heteroatoms. The zero-order valence-corrected chi connectivity index (χ0v) is 10.6. The Morgan fingerprint density at radius 1 is 1.29 bits per heavy atom. The van der Waals surface area contributed by atoms with Gasteiger partial charge < -0.3 is 15.2 Å². The standard InChI is InChI=1S/C14H23NO2/c1-2-15-11-14(16)12-17-10-6-9-13-7-4-3-5-8-13/h3-5,7-8,14-16H,2,6,9-12H2,1H3. The molecule has 1 aromatic rings. The van der Waals surface area contributed by atoms with Gasteiger partial charge in [-0.1, -0.05) is 37.3 Å². The number of aliphatic hydroxyl groups is 1. The summed E-state index contributed by atoms with van der Waals surface area (Å²) in [6.07, 6.45) is 1.63. The van der Waals surface area contributed by atoms with Crippen molar-refractivity contribution < 1.29 is 9.84 Å². The van der Waals surface area contributed by atoms with Gasteiger partial charge >= 0.3 is 0 Å². The van der Waals surface area contributed by atoms with Crippen LogP contribution in [-0.4, -0.2) is 37.5 Å². The number of benzene rings is 1. The van der Waals surface area contributed by atoms with Crippen LogP contribution in [0.1, 0.15) is 18.9 Å². The molecule has 0 saturated heterocycles. The number of aryl methyl sites for hydroxylation is 1. The molecule has 0 heterocycles. The van der Waals surface area contributed by atoms with Crippen LogP contribution in [0.5, 0.6) is 0 Å². The number of hydrogen-bond acceptors (Lipinski definition) is 3. The summed E-state index contributed by atoms with van der Waals surface area (Å²) in [5, 5.41) is 12.6. The first-order chi connectivity index (χ1) is 8.33. The zero-order valence-electron chi connectivity index (χ0n) is 10.6. The molecule has 1 rings (SSSR count). The third kappa shape index (κ3) is 7.10. The van der Waals surface area contributed by atoms with Gasteiger partial charge in [-0.25, -0.2) is 0 Å². The van der Waals surface area contributed by atoms with E-state index in [9.17, 15) is 5.11 Å². The number of hydrogen-bond donors (Lipinski definition) is 2. The molecule has 96 valence electrons. The largest absolute Gasteiger partial charge is 0.389 e. The summed E-state index contributed by atoms with van der Waals surface area (Å²) in [5.41, 5.74) is 1.34. The fourth-order valence-electron chi connectivity index (χ4n) is 1.61. The molecular formula is C14H23NO2. The lowest BCUT2D eigenvalue weighted by molar-refractivity contribution is 0.0365. The smallest absolute Gasteiger partial charge is 0.0897 e. The van der Waals surface area contributed by atoms with Gasteiger partial charge in [-0.2, -0.15) is 0 Å². The minimum atomic E-state index is -0.397. The first-order valence-electron chi connectivity index (χ1n) is 6.33. The van der Waals surface area contributed by atoms with Crippen molar-refractivity contribution in [2.45, 2.75) is 25.9 Å². The predicted octanol–water partition coefficient (Wildman–Crippen LogP) is 1.61. The highest BCUT2D eigenvalue weighted by molar-refractivity contribution is 5.14. The molecule has 3 nitrogen and oxygen atoms in total. The van der Waals surface area contributed by atoms with Crippen molar-refractivity contribution in [1.29, 1.82) is 0 Å². The van der Waals surface area contributed by atoms with Crippen LogP contribution < -0.4 is 5.32 Å². The van der Waals surface area contributed by atoms with E-state index in [0.717, 1.165) is 19.4 Å². The molecule has 0 fully saturated rings. The van der Waals surface area contributed by atoms with Gasteiger partial charge in [0.1, 0.15) is 0 Å². The quantitative estimate of drug-likeness (QED) is 0.641. The normalized spacial score (nSPS) is 12.6. The van der Waals surface area contributed by atoms with Crippen molar-refractivity contribution in [1.82, 2.24) is 5.32 Å². The van der Waals surface area contributed by atoms with E-state index in [1.54, 1.807) is 0 Å². The van der Waals surface area contributed by atoms with Crippen molar-refractivity contribution in [3.05, 3.63) is 35.9 Å². The van der Waals surface area contributed by atoms with E-state index in [1.165, 1.54) is 5.56 Å². The van der Waals surface area contributed by atoms with E-state index < -0.39 is 6.10 Å². The molecule has 0 spiro atoms. The van der Waals surface area contributed by atoms with Gasteiger partial charge in [0.25, 0.3) is 0 Å². The Morgan fingerprint density at radius 2 is 2.06 bits per heavy atom. The molecule has 0 bridgehead atoms. The summed E-state index contributed by atoms with van der Waals surface area (Å²) in [4.78, 5) is 0. The van der Waals surface area contributed by atoms with Gasteiger partial charge in [-0.3, -0.25) is 0 Å². The second-order valence-electron chi connectivity index (χ2n) is 4.13. The molecule has 1 aromatic carbocycles. The molecule has 0 radical (unpaired) electrons. The lowest BCUT2D eigenvalue weighted by atomic mass is 10.1. The number of ether oxygens (including phenoxy) is 1. The molecule has 1 unspecified atom stereocenters. The van der Waals surface area contributed by atoms with Crippen LogP contribution in [0.15, 0.2) is 30.3 Å². The molecule has 1 atom stereocenters. The monoisotopic (exact) mass is 237 g/mol. The Kier molecular flexibility index (Phi) is 7.63. The van der Waals surface area contributed by atoms with Gasteiger partial charge in [0.05, 0.1) is 12.7 Å². The van der Waals surface area contributed by atoms with Crippen LogP contribution in [0.4, 0.5) is 0 Å². The van der Waals surface area contributed by atoms with Crippen LogP contribution in [0, 0.1) is 0 Å². The molecule has 0 saturated carbocycles. The number of rotatable bonds is 9. The fraction of sp³-hybridized carbons (Fsp3) is 0.571. The Morgan fingerprint density at radius 3 is 2.76 bits per heavy atom. The summed E-state index contributed by atoms with van der Waals surface area (Å²) in [6.45, 7) is 4.63. The van der Waals surface area contributed by atoms with E-state index >= 15 is 0 Å². The number of likely N-dealkylation sites (N-methyl/N-ethyl adjacent to an activating group) is 1. The van der Waals surface area contributed by atoms with Gasteiger partial charge in [-0.05, 0) is 24.9 Å². The highest BCUT2D eigenvalue weighted by atomic mass is 16.5. The third-order valence-electron chi connectivity index (χ3n) is 2.54. The van der Waals surface area contributed by atoms with Crippen molar-refractivity contribution in [2.24, 2.45) is 0 Å². The highest BCUT2D eigenvalue weighted by Gasteiger charge is 2.02. The second kappa shape index (κ2) is 9.16. The van der Waals surface area contributed by atoms with Gasteiger partial charge in [0.15, 0.2) is 0 Å². The summed E-state index contributed by atoms with van der Waals surface area (Å²) >= 11 is 0. The van der Waals surface area contributed by atoms with Gasteiger partial charge in [0, 0.05) is 13.2 Å². The first-order valence-corrected chi connectivity index (χ1v) is 6.33. The molecule has 0 amide bonds. The van der Waals surface area contributed by atoms with E-state index in [0.29, 0.717) is 19.8 Å². The molecule has 2 N–H and O–H groups in total. The predicted molar refractivity (Wildman–Crippen MR) is 70.1 cm³/mol. The van der Waals surface area contributed by atoms with Crippen molar-refractivity contribution >= 4 is 0 Å². The molecule has 0 aliphatic heterocycles. The maximum atomic E-state index is 9.51. The Balaban J connectivity index is 1.97. The molecule has 0 aliphatic rings. The molecule has 17 heavy (non-hydrogen) atoms. The Labute approximate surface area is 104 Å². The summed E-state index contributed by atoms with van der Waals surface area (Å²) < 4.78 is 5.42. The van der Waals surface area contributed by atoms with E-state index in [-0.39, 0.29) is 0 Å². The lowest BCUT2D eigenvalue weighted by Crippen LogP contribution is -2.30. The zero-order chi connectivity index (χ0) is 12.3. The maximum absolute atomic E-state index is 9.51. The van der Waals surface area contributed by atoms with Crippen molar-refractivity contribution in [3.8, 4) is 0 Å². The third-order valence-corrected chi connectivity index (χ3v) is 2.54. The molecular weight excluding hydrogens is 214 g/mol. The minimum Gasteiger partial charge on any atom is -0.389 e. The van der Waals surface area contributed by atoms with Crippen molar-refractivity contribution in [2.75, 3.05) is 26.3 Å². The van der Waals surface area contributed by atoms with Gasteiger partial charge in [0.2, 0.25) is 0 Å². The second-order valence-corrected chi connectivity index (χ2v) is 4.13. The summed E-state index contributed by atoms with van der Waals surface area (Å²) in [5.74, 6) is 0. The highest BCUT2D eigenvalue weighted by Crippen LogP contribution is 2.02. The van der Waals surface area contributed by atoms with Crippen LogP contribution in [0.2, 0.25) is 0 Å². The maximum Gasteiger partial charge on any atom is 0.0897 e. The average Bonchev–Trinajstić information content (AvgIpc) is 2.37. The number of nitrogens with one attached hydrogen (secondary N) is 1. The average molecular weight is 237 g/mol. The minimum absolute atomic E-state index is 0.397.